The van der Waals surface area contributed by atoms with Crippen molar-refractivity contribution in [2.45, 2.75) is 45.3 Å². The van der Waals surface area contributed by atoms with Gasteiger partial charge in [-0.15, -0.1) is 0 Å². The fourth-order valence-corrected chi connectivity index (χ4v) is 1.47. The van der Waals surface area contributed by atoms with Crippen molar-refractivity contribution >= 4 is 5.97 Å². The van der Waals surface area contributed by atoms with Gasteiger partial charge in [0.1, 0.15) is 0 Å². The van der Waals surface area contributed by atoms with Crippen molar-refractivity contribution in [3.05, 3.63) is 0 Å². The topological polar surface area (TPSA) is 35.5 Å². The smallest absolute Gasteiger partial charge is 0.305 e. The molecule has 70 valence electrons. The third kappa shape index (κ3) is 2.81. The first-order valence-electron chi connectivity index (χ1n) is 4.46. The van der Waals surface area contributed by atoms with Gasteiger partial charge in [-0.3, -0.25) is 4.79 Å². The summed E-state index contributed by atoms with van der Waals surface area (Å²) in [5.74, 6) is -0.929. The Kier molecular flexibility index (Phi) is 3.09. The molecule has 1 atom stereocenters. The second-order valence-electron chi connectivity index (χ2n) is 3.39. The average Bonchev–Trinajstić information content (AvgIpc) is 2.12. The van der Waals surface area contributed by atoms with Gasteiger partial charge in [0.2, 0.25) is 5.79 Å². The van der Waals surface area contributed by atoms with Crippen LogP contribution in [0.1, 0.15) is 39.5 Å². The first-order valence-corrected chi connectivity index (χ1v) is 4.46. The van der Waals surface area contributed by atoms with Crippen LogP contribution in [0.2, 0.25) is 0 Å². The van der Waals surface area contributed by atoms with Crippen molar-refractivity contribution in [3.63, 3.8) is 0 Å². The highest BCUT2D eigenvalue weighted by Gasteiger charge is 2.29. The van der Waals surface area contributed by atoms with Crippen LogP contribution in [-0.2, 0) is 14.3 Å². The first kappa shape index (κ1) is 9.52. The maximum absolute atomic E-state index is 10.7. The van der Waals surface area contributed by atoms with Gasteiger partial charge in [-0.05, 0) is 12.8 Å². The van der Waals surface area contributed by atoms with Crippen LogP contribution in [0.25, 0.3) is 0 Å². The van der Waals surface area contributed by atoms with E-state index in [2.05, 4.69) is 0 Å². The van der Waals surface area contributed by atoms with Gasteiger partial charge >= 0.3 is 5.97 Å². The molecule has 3 nitrogen and oxygen atoms in total. The van der Waals surface area contributed by atoms with Crippen LogP contribution < -0.4 is 0 Å². The zero-order valence-electron chi connectivity index (χ0n) is 7.76. The SMILES string of the molecule is CC(=O)OC1(C)CCCCCO1. The van der Waals surface area contributed by atoms with Crippen molar-refractivity contribution in [2.75, 3.05) is 6.61 Å². The molecule has 1 rings (SSSR count). The van der Waals surface area contributed by atoms with Crippen molar-refractivity contribution in [2.24, 2.45) is 0 Å². The number of esters is 1. The lowest BCUT2D eigenvalue weighted by Gasteiger charge is -2.27. The normalized spacial score (nSPS) is 30.8. The second kappa shape index (κ2) is 3.90. The summed E-state index contributed by atoms with van der Waals surface area (Å²) in [4.78, 5) is 10.7. The first-order chi connectivity index (χ1) is 5.62. The van der Waals surface area contributed by atoms with Crippen LogP contribution in [0.15, 0.2) is 0 Å². The predicted molar refractivity (Wildman–Crippen MR) is 44.6 cm³/mol. The fourth-order valence-electron chi connectivity index (χ4n) is 1.47. The maximum atomic E-state index is 10.7. The van der Waals surface area contributed by atoms with Gasteiger partial charge < -0.3 is 9.47 Å². The molecule has 0 aliphatic carbocycles. The Hall–Kier alpha value is -0.570. The molecule has 1 saturated heterocycles. The number of hydrogen-bond acceptors (Lipinski definition) is 3. The summed E-state index contributed by atoms with van der Waals surface area (Å²) < 4.78 is 10.6. The highest BCUT2D eigenvalue weighted by molar-refractivity contribution is 5.66. The number of rotatable bonds is 1. The fraction of sp³-hybridized carbons (Fsp3) is 0.889. The van der Waals surface area contributed by atoms with Crippen LogP contribution >= 0.6 is 0 Å². The lowest BCUT2D eigenvalue weighted by Crippen LogP contribution is -2.33. The molecule has 1 aliphatic rings. The van der Waals surface area contributed by atoms with E-state index >= 15 is 0 Å². The van der Waals surface area contributed by atoms with Crippen LogP contribution in [0.4, 0.5) is 0 Å². The van der Waals surface area contributed by atoms with E-state index < -0.39 is 5.79 Å². The molecule has 0 N–H and O–H groups in total. The van der Waals surface area contributed by atoms with E-state index in [1.807, 2.05) is 6.92 Å². The Labute approximate surface area is 73.0 Å². The number of hydrogen-bond donors (Lipinski definition) is 0. The maximum Gasteiger partial charge on any atom is 0.305 e. The molecular formula is C9H16O3. The molecule has 1 aliphatic heterocycles. The highest BCUT2D eigenvalue weighted by Crippen LogP contribution is 2.24. The highest BCUT2D eigenvalue weighted by atomic mass is 16.7. The minimum Gasteiger partial charge on any atom is -0.434 e. The van der Waals surface area contributed by atoms with Crippen LogP contribution in [0.5, 0.6) is 0 Å². The summed E-state index contributed by atoms with van der Waals surface area (Å²) in [5.41, 5.74) is 0. The molecule has 0 aromatic carbocycles. The number of carbonyl (C=O) groups is 1. The molecule has 0 amide bonds. The van der Waals surface area contributed by atoms with E-state index in [1.165, 1.54) is 6.92 Å². The van der Waals surface area contributed by atoms with Crippen LogP contribution in [0, 0.1) is 0 Å². The van der Waals surface area contributed by atoms with E-state index in [9.17, 15) is 4.79 Å². The van der Waals surface area contributed by atoms with Gasteiger partial charge in [-0.25, -0.2) is 0 Å². The molecule has 0 aromatic rings. The predicted octanol–water partition coefficient (Wildman–Crippen LogP) is 1.86. The number of carbonyl (C=O) groups excluding carboxylic acids is 1. The summed E-state index contributed by atoms with van der Waals surface area (Å²) in [6.07, 6.45) is 4.12. The Morgan fingerprint density at radius 3 is 2.83 bits per heavy atom. The van der Waals surface area contributed by atoms with Crippen molar-refractivity contribution in [3.8, 4) is 0 Å². The minimum atomic E-state index is -0.664. The van der Waals surface area contributed by atoms with Crippen LogP contribution in [0.3, 0.4) is 0 Å². The second-order valence-corrected chi connectivity index (χ2v) is 3.39. The molecule has 1 fully saturated rings. The van der Waals surface area contributed by atoms with Gasteiger partial charge in [0.15, 0.2) is 0 Å². The Bertz CT molecular complexity index is 157. The standard InChI is InChI=1S/C9H16O3/c1-8(10)12-9(2)6-4-3-5-7-11-9/h3-7H2,1-2H3. The van der Waals surface area contributed by atoms with Crippen molar-refractivity contribution in [1.29, 1.82) is 0 Å². The molecule has 0 radical (unpaired) electrons. The van der Waals surface area contributed by atoms with Crippen LogP contribution in [-0.4, -0.2) is 18.4 Å². The molecule has 0 saturated carbocycles. The average molecular weight is 172 g/mol. The zero-order chi connectivity index (χ0) is 9.03. The third-order valence-electron chi connectivity index (χ3n) is 2.04. The molecule has 12 heavy (non-hydrogen) atoms. The third-order valence-corrected chi connectivity index (χ3v) is 2.04. The Morgan fingerprint density at radius 2 is 2.17 bits per heavy atom. The van der Waals surface area contributed by atoms with Gasteiger partial charge in [-0.1, -0.05) is 6.42 Å². The summed E-state index contributed by atoms with van der Waals surface area (Å²) in [6.45, 7) is 3.95. The zero-order valence-corrected chi connectivity index (χ0v) is 7.76. The summed E-state index contributed by atoms with van der Waals surface area (Å²) in [6, 6.07) is 0. The van der Waals surface area contributed by atoms with Gasteiger partial charge in [0.25, 0.3) is 0 Å². The molecule has 0 bridgehead atoms. The van der Waals surface area contributed by atoms with E-state index in [1.54, 1.807) is 0 Å². The van der Waals surface area contributed by atoms with E-state index in [0.29, 0.717) is 6.61 Å². The largest absolute Gasteiger partial charge is 0.434 e. The Balaban J connectivity index is 2.48. The lowest BCUT2D eigenvalue weighted by molar-refractivity contribution is -0.221. The van der Waals surface area contributed by atoms with E-state index in [0.717, 1.165) is 25.7 Å². The van der Waals surface area contributed by atoms with E-state index in [-0.39, 0.29) is 5.97 Å². The summed E-state index contributed by atoms with van der Waals surface area (Å²) in [7, 11) is 0. The minimum absolute atomic E-state index is 0.264. The summed E-state index contributed by atoms with van der Waals surface area (Å²) >= 11 is 0. The molecule has 0 aromatic heterocycles. The van der Waals surface area contributed by atoms with Gasteiger partial charge in [-0.2, -0.15) is 0 Å². The molecule has 3 heteroatoms. The number of ether oxygens (including phenoxy) is 2. The van der Waals surface area contributed by atoms with E-state index in [4.69, 9.17) is 9.47 Å². The Morgan fingerprint density at radius 1 is 1.42 bits per heavy atom. The quantitative estimate of drug-likeness (QED) is 0.566. The molecule has 1 heterocycles. The van der Waals surface area contributed by atoms with Crippen molar-refractivity contribution in [1.82, 2.24) is 0 Å². The summed E-state index contributed by atoms with van der Waals surface area (Å²) in [5, 5.41) is 0. The monoisotopic (exact) mass is 172 g/mol. The molecular weight excluding hydrogens is 156 g/mol. The molecule has 0 spiro atoms. The van der Waals surface area contributed by atoms with Crippen molar-refractivity contribution < 1.29 is 14.3 Å². The van der Waals surface area contributed by atoms with Gasteiger partial charge in [0, 0.05) is 20.3 Å². The van der Waals surface area contributed by atoms with Gasteiger partial charge in [0.05, 0.1) is 6.61 Å². The lowest BCUT2D eigenvalue weighted by atomic mass is 10.1. The molecule has 1 unspecified atom stereocenters.